The lowest BCUT2D eigenvalue weighted by Crippen LogP contribution is -2.76. The number of thiol groups is 2. The predicted octanol–water partition coefficient (Wildman–Crippen LogP) is 3.45. The molecule has 0 spiro atoms. The Kier molecular flexibility index (Phi) is 9.77. The molecular formula is C16H34N2OPS2+. The highest BCUT2D eigenvalue weighted by Gasteiger charge is 2.49. The molecule has 1 saturated carbocycles. The number of ether oxygens (including phenoxy) is 1. The molecule has 130 valence electrons. The smallest absolute Gasteiger partial charge is 0.360 e. The summed E-state index contributed by atoms with van der Waals surface area (Å²) in [6.45, 7) is 10.3. The van der Waals surface area contributed by atoms with Gasteiger partial charge in [0.25, 0.3) is 0 Å². The van der Waals surface area contributed by atoms with Gasteiger partial charge in [0.2, 0.25) is 0 Å². The fourth-order valence-corrected chi connectivity index (χ4v) is 4.73. The Hall–Kier alpha value is 0.560. The third-order valence-electron chi connectivity index (χ3n) is 4.30. The summed E-state index contributed by atoms with van der Waals surface area (Å²) in [6, 6.07) is 0.706. The van der Waals surface area contributed by atoms with Crippen LogP contribution in [0.2, 0.25) is 0 Å². The van der Waals surface area contributed by atoms with E-state index in [1.807, 2.05) is 20.8 Å². The minimum atomic E-state index is -0.246. The van der Waals surface area contributed by atoms with Crippen molar-refractivity contribution in [1.29, 1.82) is 0 Å². The van der Waals surface area contributed by atoms with Crippen molar-refractivity contribution in [3.05, 3.63) is 0 Å². The summed E-state index contributed by atoms with van der Waals surface area (Å²) in [6.07, 6.45) is 9.18. The summed E-state index contributed by atoms with van der Waals surface area (Å²) < 4.78 is 7.68. The molecule has 2 aliphatic rings. The quantitative estimate of drug-likeness (QED) is 0.382. The summed E-state index contributed by atoms with van der Waals surface area (Å²) in [7, 11) is -0.246. The first kappa shape index (κ1) is 20.6. The molecule has 0 bridgehead atoms. The molecule has 0 aromatic rings. The van der Waals surface area contributed by atoms with Crippen LogP contribution in [0, 0.1) is 0 Å². The van der Waals surface area contributed by atoms with Gasteiger partial charge in [0.15, 0.2) is 4.67 Å². The molecule has 2 rings (SSSR count). The largest absolute Gasteiger partial charge is 0.423 e. The average Bonchev–Trinajstić information content (AvgIpc) is 2.55. The fraction of sp³-hybridized carbons (Fsp3) is 0.938. The molecule has 2 fully saturated rings. The molecule has 1 heterocycles. The van der Waals surface area contributed by atoms with Crippen molar-refractivity contribution in [3.63, 3.8) is 0 Å². The second-order valence-corrected chi connectivity index (χ2v) is 10.1. The Balaban J connectivity index is 0.00000116. The van der Waals surface area contributed by atoms with Gasteiger partial charge in [0.1, 0.15) is 6.54 Å². The van der Waals surface area contributed by atoms with Gasteiger partial charge in [0.05, 0.1) is 7.92 Å². The molecule has 0 aromatic carbocycles. The predicted molar refractivity (Wildman–Crippen MR) is 105 cm³/mol. The Morgan fingerprint density at radius 3 is 2.45 bits per heavy atom. The van der Waals surface area contributed by atoms with Gasteiger partial charge in [-0.25, -0.2) is 4.99 Å². The van der Waals surface area contributed by atoms with Crippen LogP contribution in [0.25, 0.3) is 0 Å². The second kappa shape index (κ2) is 10.4. The summed E-state index contributed by atoms with van der Waals surface area (Å²) in [5, 5.41) is 0. The Labute approximate surface area is 149 Å². The number of hydrogen-bond donors (Lipinski definition) is 3. The van der Waals surface area contributed by atoms with Gasteiger partial charge in [0, 0.05) is 19.0 Å². The van der Waals surface area contributed by atoms with Gasteiger partial charge in [-0.15, -0.1) is 12.6 Å². The molecule has 1 N–H and O–H groups in total. The van der Waals surface area contributed by atoms with Crippen LogP contribution >= 0.6 is 33.4 Å². The number of unbranched alkanes of at least 4 members (excludes halogenated alkanes) is 1. The van der Waals surface area contributed by atoms with Gasteiger partial charge in [-0.3, -0.25) is 4.31 Å². The summed E-state index contributed by atoms with van der Waals surface area (Å²) in [5.41, 5.74) is 1.06. The van der Waals surface area contributed by atoms with Gasteiger partial charge in [-0.2, -0.15) is 0 Å². The van der Waals surface area contributed by atoms with Crippen molar-refractivity contribution < 1.29 is 9.73 Å². The summed E-state index contributed by atoms with van der Waals surface area (Å²) in [5.74, 6) is 0. The van der Waals surface area contributed by atoms with E-state index < -0.39 is 0 Å². The van der Waals surface area contributed by atoms with Crippen LogP contribution in [-0.2, 0) is 4.74 Å². The second-order valence-electron chi connectivity index (χ2n) is 5.99. The van der Waals surface area contributed by atoms with Crippen molar-refractivity contribution in [1.82, 2.24) is 4.31 Å². The SMILES string of the molecule is CC.CP1C(=[NH+]CCCCN(S)C2CCCCC2)OC1(C)S. The normalized spacial score (nSPS) is 30.5. The maximum atomic E-state index is 5.63. The molecule has 3 nitrogen and oxygen atoms in total. The highest BCUT2D eigenvalue weighted by molar-refractivity contribution is 7.97. The molecule has 0 radical (unpaired) electrons. The molecule has 0 amide bonds. The summed E-state index contributed by atoms with van der Waals surface area (Å²) >= 11 is 9.13. The van der Waals surface area contributed by atoms with Gasteiger partial charge in [-0.05, 0) is 32.9 Å². The zero-order valence-electron chi connectivity index (χ0n) is 14.6. The number of rotatable bonds is 6. The van der Waals surface area contributed by atoms with Gasteiger partial charge < -0.3 is 4.74 Å². The van der Waals surface area contributed by atoms with E-state index in [0.717, 1.165) is 18.7 Å². The molecule has 1 saturated heterocycles. The van der Waals surface area contributed by atoms with Crippen molar-refractivity contribution in [2.24, 2.45) is 0 Å². The first-order chi connectivity index (χ1) is 10.5. The van der Waals surface area contributed by atoms with Crippen LogP contribution in [0.5, 0.6) is 0 Å². The first-order valence-electron chi connectivity index (χ1n) is 8.72. The maximum absolute atomic E-state index is 5.63. The van der Waals surface area contributed by atoms with Gasteiger partial charge >= 0.3 is 5.64 Å². The highest BCUT2D eigenvalue weighted by Crippen LogP contribution is 2.59. The van der Waals surface area contributed by atoms with Gasteiger partial charge in [-0.1, -0.05) is 45.9 Å². The van der Waals surface area contributed by atoms with Crippen LogP contribution in [0.1, 0.15) is 65.7 Å². The zero-order chi connectivity index (χ0) is 16.6. The van der Waals surface area contributed by atoms with Crippen LogP contribution in [0.3, 0.4) is 0 Å². The van der Waals surface area contributed by atoms with E-state index in [1.54, 1.807) is 0 Å². The van der Waals surface area contributed by atoms with Crippen LogP contribution in [-0.4, -0.2) is 40.4 Å². The van der Waals surface area contributed by atoms with E-state index in [0.29, 0.717) is 6.04 Å². The van der Waals surface area contributed by atoms with E-state index >= 15 is 0 Å². The third-order valence-corrected chi connectivity index (χ3v) is 8.02. The van der Waals surface area contributed by atoms with Crippen molar-refractivity contribution >= 4 is 39.0 Å². The molecule has 2 unspecified atom stereocenters. The minimum Gasteiger partial charge on any atom is -0.423 e. The van der Waals surface area contributed by atoms with Crippen molar-refractivity contribution in [2.75, 3.05) is 19.8 Å². The number of hydrogen-bond acceptors (Lipinski definition) is 4. The molecule has 1 aliphatic heterocycles. The monoisotopic (exact) mass is 365 g/mol. The van der Waals surface area contributed by atoms with E-state index in [4.69, 9.17) is 4.74 Å². The third kappa shape index (κ3) is 6.22. The van der Waals surface area contributed by atoms with Crippen molar-refractivity contribution in [2.45, 2.75) is 76.4 Å². The number of nitrogens with one attached hydrogen (secondary N) is 1. The minimum absolute atomic E-state index is 0.222. The van der Waals surface area contributed by atoms with E-state index in [-0.39, 0.29) is 12.6 Å². The molecule has 22 heavy (non-hydrogen) atoms. The molecule has 1 aliphatic carbocycles. The van der Waals surface area contributed by atoms with Crippen molar-refractivity contribution in [3.8, 4) is 0 Å². The Morgan fingerprint density at radius 1 is 1.27 bits per heavy atom. The Bertz CT molecular complexity index is 347. The molecular weight excluding hydrogens is 331 g/mol. The number of nitrogens with zero attached hydrogens (tertiary/aromatic N) is 1. The average molecular weight is 366 g/mol. The fourth-order valence-electron chi connectivity index (χ4n) is 2.78. The molecule has 2 atom stereocenters. The lowest BCUT2D eigenvalue weighted by Gasteiger charge is -2.38. The molecule has 6 heteroatoms. The highest BCUT2D eigenvalue weighted by atomic mass is 32.1. The van der Waals surface area contributed by atoms with E-state index in [1.165, 1.54) is 44.9 Å². The van der Waals surface area contributed by atoms with Crippen LogP contribution in [0.15, 0.2) is 0 Å². The lowest BCUT2D eigenvalue weighted by atomic mass is 9.95. The first-order valence-corrected chi connectivity index (χ1v) is 11.4. The van der Waals surface area contributed by atoms with Crippen LogP contribution < -0.4 is 4.99 Å². The maximum Gasteiger partial charge on any atom is 0.360 e. The Morgan fingerprint density at radius 2 is 1.91 bits per heavy atom. The zero-order valence-corrected chi connectivity index (χ0v) is 17.3. The van der Waals surface area contributed by atoms with E-state index in [2.05, 4.69) is 41.4 Å². The molecule has 0 aromatic heterocycles. The van der Waals surface area contributed by atoms with Crippen LogP contribution in [0.4, 0.5) is 0 Å². The lowest BCUT2D eigenvalue weighted by molar-refractivity contribution is -0.467. The van der Waals surface area contributed by atoms with E-state index in [9.17, 15) is 0 Å². The standard InChI is InChI=1S/C14H27N2OPS2.C2H6/c1-14(19)17-13(18(14)2)15-10-6-7-11-16(20)12-8-4-3-5-9-12;1-2/h12,19-20H,3-11H2,1-2H3;1-2H3/p+1. The summed E-state index contributed by atoms with van der Waals surface area (Å²) in [4.78, 5) is 3.41. The topological polar surface area (TPSA) is 26.4 Å².